The van der Waals surface area contributed by atoms with Crippen LogP contribution >= 0.6 is 0 Å². The molecule has 1 unspecified atom stereocenters. The third-order valence-electron chi connectivity index (χ3n) is 2.63. The Morgan fingerprint density at radius 1 is 1.33 bits per heavy atom. The number of carbonyl (C=O) groups excluding carboxylic acids is 2. The summed E-state index contributed by atoms with van der Waals surface area (Å²) < 4.78 is 9.90. The van der Waals surface area contributed by atoms with Crippen molar-refractivity contribution in [3.63, 3.8) is 0 Å². The molecule has 0 aliphatic heterocycles. The fourth-order valence-corrected chi connectivity index (χ4v) is 1.07. The summed E-state index contributed by atoms with van der Waals surface area (Å²) in [7, 11) is 0. The lowest BCUT2D eigenvalue weighted by atomic mass is 9.88. The minimum absolute atomic E-state index is 0.0316. The minimum atomic E-state index is -0.788. The summed E-state index contributed by atoms with van der Waals surface area (Å²) in [5, 5.41) is 9.38. The second kappa shape index (κ2) is 7.66. The van der Waals surface area contributed by atoms with Crippen molar-refractivity contribution in [1.29, 1.82) is 0 Å². The van der Waals surface area contributed by atoms with Gasteiger partial charge in [-0.3, -0.25) is 0 Å². The number of ether oxygens (including phenoxy) is 2. The van der Waals surface area contributed by atoms with Gasteiger partial charge in [-0.1, -0.05) is 20.1 Å². The van der Waals surface area contributed by atoms with Gasteiger partial charge < -0.3 is 14.6 Å². The molecule has 102 valence electrons. The molecule has 0 aromatic heterocycles. The van der Waals surface area contributed by atoms with Gasteiger partial charge in [0.05, 0.1) is 12.0 Å². The molecular weight excluding hydrogens is 236 g/mol. The summed E-state index contributed by atoms with van der Waals surface area (Å²) in [6.07, 6.45) is 1.54. The van der Waals surface area contributed by atoms with Gasteiger partial charge >= 0.3 is 11.9 Å². The van der Waals surface area contributed by atoms with Crippen LogP contribution in [0.4, 0.5) is 0 Å². The van der Waals surface area contributed by atoms with Gasteiger partial charge in [0.25, 0.3) is 0 Å². The molecule has 18 heavy (non-hydrogen) atoms. The highest BCUT2D eigenvalue weighted by molar-refractivity contribution is 5.86. The minimum Gasteiger partial charge on any atom is -0.462 e. The number of aliphatic hydroxyl groups excluding tert-OH is 1. The lowest BCUT2D eigenvalue weighted by Gasteiger charge is -2.29. The van der Waals surface area contributed by atoms with E-state index in [0.29, 0.717) is 6.42 Å². The average molecular weight is 256 g/mol. The third-order valence-corrected chi connectivity index (χ3v) is 2.63. The number of rotatable bonds is 8. The normalized spacial score (nSPS) is 13.3. The van der Waals surface area contributed by atoms with Crippen LogP contribution in [0.3, 0.4) is 0 Å². The number of aliphatic hydroxyl groups is 1. The van der Waals surface area contributed by atoms with Gasteiger partial charge in [0.1, 0.15) is 13.2 Å². The maximum Gasteiger partial charge on any atom is 0.333 e. The largest absolute Gasteiger partial charge is 0.462 e. The van der Waals surface area contributed by atoms with Crippen LogP contribution in [0.2, 0.25) is 0 Å². The molecule has 0 saturated carbocycles. The predicted molar refractivity (Wildman–Crippen MR) is 66.7 cm³/mol. The van der Waals surface area contributed by atoms with Gasteiger partial charge in [0.2, 0.25) is 0 Å². The Labute approximate surface area is 107 Å². The molecule has 0 aromatic rings. The van der Waals surface area contributed by atoms with E-state index in [4.69, 9.17) is 9.47 Å². The smallest absolute Gasteiger partial charge is 0.333 e. The van der Waals surface area contributed by atoms with Gasteiger partial charge in [-0.25, -0.2) is 9.59 Å². The molecule has 0 saturated heterocycles. The molecule has 1 N–H and O–H groups in total. The van der Waals surface area contributed by atoms with Gasteiger partial charge in [0.15, 0.2) is 0 Å². The van der Waals surface area contributed by atoms with Crippen LogP contribution in [0, 0.1) is 5.41 Å². The monoisotopic (exact) mass is 256 g/mol. The maximum atomic E-state index is 11.3. The Bertz CT molecular complexity index is 328. The summed E-state index contributed by atoms with van der Waals surface area (Å²) in [6.45, 7) is 9.76. The fraction of sp³-hybridized carbons (Fsp3) is 0.538. The predicted octanol–water partition coefficient (Wildman–Crippen LogP) is 1.22. The van der Waals surface area contributed by atoms with E-state index in [1.165, 1.54) is 6.92 Å². The van der Waals surface area contributed by atoms with Gasteiger partial charge in [-0.05, 0) is 13.3 Å². The zero-order chi connectivity index (χ0) is 14.2. The van der Waals surface area contributed by atoms with Crippen molar-refractivity contribution in [2.45, 2.75) is 20.3 Å². The van der Waals surface area contributed by atoms with Crippen LogP contribution in [0.1, 0.15) is 20.3 Å². The number of carbonyl (C=O) groups is 2. The highest BCUT2D eigenvalue weighted by Gasteiger charge is 2.31. The molecule has 0 spiro atoms. The molecule has 0 fully saturated rings. The van der Waals surface area contributed by atoms with E-state index >= 15 is 0 Å². The van der Waals surface area contributed by atoms with Crippen LogP contribution in [0.25, 0.3) is 0 Å². The van der Waals surface area contributed by atoms with E-state index in [2.05, 4.69) is 13.2 Å². The lowest BCUT2D eigenvalue weighted by molar-refractivity contribution is -0.151. The molecule has 0 bridgehead atoms. The van der Waals surface area contributed by atoms with Crippen molar-refractivity contribution >= 4 is 11.9 Å². The molecule has 0 radical (unpaired) electrons. The molecule has 0 heterocycles. The summed E-state index contributed by atoms with van der Waals surface area (Å²) >= 11 is 0. The van der Waals surface area contributed by atoms with Crippen LogP contribution in [-0.2, 0) is 19.1 Å². The third kappa shape index (κ3) is 5.14. The molecule has 0 amide bonds. The molecule has 0 aromatic carbocycles. The van der Waals surface area contributed by atoms with Gasteiger partial charge in [-0.2, -0.15) is 0 Å². The summed E-state index contributed by atoms with van der Waals surface area (Å²) in [5.74, 6) is -1.11. The Morgan fingerprint density at radius 3 is 2.28 bits per heavy atom. The van der Waals surface area contributed by atoms with Gasteiger partial charge in [0, 0.05) is 11.6 Å². The van der Waals surface area contributed by atoms with Crippen molar-refractivity contribution in [2.75, 3.05) is 19.8 Å². The number of hydrogen-bond acceptors (Lipinski definition) is 5. The topological polar surface area (TPSA) is 72.8 Å². The first-order valence-electron chi connectivity index (χ1n) is 5.63. The van der Waals surface area contributed by atoms with Crippen molar-refractivity contribution in [1.82, 2.24) is 0 Å². The summed E-state index contributed by atoms with van der Waals surface area (Å²) in [6, 6.07) is 0. The zero-order valence-corrected chi connectivity index (χ0v) is 10.9. The molecule has 0 aliphatic rings. The Balaban J connectivity index is 4.51. The van der Waals surface area contributed by atoms with Crippen LogP contribution in [-0.4, -0.2) is 36.9 Å². The second-order valence-electron chi connectivity index (χ2n) is 4.18. The highest BCUT2D eigenvalue weighted by Crippen LogP contribution is 2.23. The Kier molecular flexibility index (Phi) is 6.97. The quantitative estimate of drug-likeness (QED) is 0.522. The lowest BCUT2D eigenvalue weighted by Crippen LogP contribution is -2.37. The highest BCUT2D eigenvalue weighted by atomic mass is 16.5. The van der Waals surface area contributed by atoms with Gasteiger partial charge in [-0.15, -0.1) is 0 Å². The van der Waals surface area contributed by atoms with E-state index in [0.717, 1.165) is 6.08 Å². The van der Waals surface area contributed by atoms with Crippen molar-refractivity contribution in [3.05, 3.63) is 24.8 Å². The molecule has 0 rings (SSSR count). The second-order valence-corrected chi connectivity index (χ2v) is 4.18. The first-order valence-corrected chi connectivity index (χ1v) is 5.63. The average Bonchev–Trinajstić information content (AvgIpc) is 2.38. The van der Waals surface area contributed by atoms with Crippen molar-refractivity contribution in [2.24, 2.45) is 5.41 Å². The van der Waals surface area contributed by atoms with Crippen molar-refractivity contribution in [3.8, 4) is 0 Å². The fourth-order valence-electron chi connectivity index (χ4n) is 1.07. The standard InChI is InChI=1S/C13H20O5/c1-5-11(15)17-8-13(6-2,7-14)9-18-12(16)10(3)4/h5,14H,1,3,6-9H2,2,4H3. The van der Waals surface area contributed by atoms with E-state index in [1.807, 2.05) is 6.92 Å². The molecule has 5 heteroatoms. The van der Waals surface area contributed by atoms with E-state index in [9.17, 15) is 14.7 Å². The summed E-state index contributed by atoms with van der Waals surface area (Å²) in [5.41, 5.74) is -0.509. The summed E-state index contributed by atoms with van der Waals surface area (Å²) in [4.78, 5) is 22.3. The Morgan fingerprint density at radius 2 is 1.89 bits per heavy atom. The zero-order valence-electron chi connectivity index (χ0n) is 10.9. The van der Waals surface area contributed by atoms with E-state index in [1.54, 1.807) is 0 Å². The molecule has 1 atom stereocenters. The maximum absolute atomic E-state index is 11.3. The van der Waals surface area contributed by atoms with Crippen LogP contribution in [0.5, 0.6) is 0 Å². The van der Waals surface area contributed by atoms with E-state index < -0.39 is 17.4 Å². The number of esters is 2. The first kappa shape index (κ1) is 16.4. The SMILES string of the molecule is C=CC(=O)OCC(CC)(CO)COC(=O)C(=C)C. The molecule has 0 aliphatic carbocycles. The molecular formula is C13H20O5. The number of hydrogen-bond donors (Lipinski definition) is 1. The van der Waals surface area contributed by atoms with Crippen molar-refractivity contribution < 1.29 is 24.2 Å². The molecule has 5 nitrogen and oxygen atoms in total. The van der Waals surface area contributed by atoms with Crippen LogP contribution in [0.15, 0.2) is 24.8 Å². The first-order chi connectivity index (χ1) is 8.40. The van der Waals surface area contributed by atoms with E-state index in [-0.39, 0.29) is 25.4 Å². The van der Waals surface area contributed by atoms with Crippen LogP contribution < -0.4 is 0 Å². The Hall–Kier alpha value is -1.62.